The van der Waals surface area contributed by atoms with Crippen molar-refractivity contribution in [3.63, 3.8) is 0 Å². The van der Waals surface area contributed by atoms with E-state index in [1.54, 1.807) is 11.3 Å². The highest BCUT2D eigenvalue weighted by Gasteiger charge is 2.31. The van der Waals surface area contributed by atoms with E-state index in [0.717, 1.165) is 8.45 Å². The van der Waals surface area contributed by atoms with Crippen molar-refractivity contribution in [2.45, 2.75) is 12.8 Å². The topological polar surface area (TPSA) is 57.6 Å². The minimum atomic E-state index is -0.862. The van der Waals surface area contributed by atoms with Crippen LogP contribution < -0.4 is 0 Å². The smallest absolute Gasteiger partial charge is 0.303 e. The summed E-state index contributed by atoms with van der Waals surface area (Å²) in [7, 11) is 0. The molecule has 2 heterocycles. The molecule has 1 N–H and O–H groups in total. The second-order valence-corrected chi connectivity index (χ2v) is 7.75. The number of thiocarbonyl (C=S) groups is 1. The summed E-state index contributed by atoms with van der Waals surface area (Å²) >= 11 is 10.3. The number of carbonyl (C=O) groups excluding carboxylic acids is 1. The van der Waals surface area contributed by atoms with E-state index in [-0.39, 0.29) is 12.3 Å². The van der Waals surface area contributed by atoms with E-state index in [1.165, 1.54) is 16.7 Å². The number of thiophene rings is 1. The van der Waals surface area contributed by atoms with E-state index in [4.69, 9.17) is 17.3 Å². The van der Waals surface area contributed by atoms with Crippen molar-refractivity contribution in [2.75, 3.05) is 6.54 Å². The Bertz CT molecular complexity index is 597. The first-order chi connectivity index (χ1) is 9.49. The lowest BCUT2D eigenvalue weighted by Gasteiger charge is -2.13. The van der Waals surface area contributed by atoms with Crippen LogP contribution in [0.1, 0.15) is 17.7 Å². The summed E-state index contributed by atoms with van der Waals surface area (Å²) in [5.74, 6) is -0.992. The van der Waals surface area contributed by atoms with Crippen molar-refractivity contribution in [1.82, 2.24) is 4.90 Å². The maximum absolute atomic E-state index is 12.2. The maximum Gasteiger partial charge on any atom is 0.303 e. The summed E-state index contributed by atoms with van der Waals surface area (Å²) < 4.78 is 1.60. The van der Waals surface area contributed by atoms with Crippen LogP contribution in [-0.2, 0) is 9.59 Å². The number of nitrogens with zero attached hydrogens (tertiary/aromatic N) is 1. The Morgan fingerprint density at radius 1 is 1.55 bits per heavy atom. The van der Waals surface area contributed by atoms with E-state index in [1.807, 2.05) is 17.5 Å². The van der Waals surface area contributed by atoms with Gasteiger partial charge in [0, 0.05) is 21.4 Å². The van der Waals surface area contributed by atoms with Crippen LogP contribution in [0.2, 0.25) is 0 Å². The van der Waals surface area contributed by atoms with Gasteiger partial charge in [-0.3, -0.25) is 14.5 Å². The maximum atomic E-state index is 12.2. The summed E-state index contributed by atoms with van der Waals surface area (Å²) in [6.45, 7) is 0.357. The predicted octanol–water partition coefficient (Wildman–Crippen LogP) is 3.42. The summed E-state index contributed by atoms with van der Waals surface area (Å²) in [5, 5.41) is 10.6. The lowest BCUT2D eigenvalue weighted by atomic mass is 10.3. The number of amides is 1. The monoisotopic (exact) mass is 439 g/mol. The molecule has 1 fully saturated rings. The van der Waals surface area contributed by atoms with Gasteiger partial charge in [-0.15, -0.1) is 11.3 Å². The molecule has 1 amide bonds. The number of aliphatic carboxylic acids is 1. The first-order valence-electron chi connectivity index (χ1n) is 5.69. The van der Waals surface area contributed by atoms with Crippen molar-refractivity contribution in [3.8, 4) is 0 Å². The van der Waals surface area contributed by atoms with Gasteiger partial charge in [0.2, 0.25) is 0 Å². The van der Waals surface area contributed by atoms with E-state index >= 15 is 0 Å². The van der Waals surface area contributed by atoms with Gasteiger partial charge in [-0.25, -0.2) is 0 Å². The average Bonchev–Trinajstić information content (AvgIpc) is 2.88. The fraction of sp³-hybridized carbons (Fsp3) is 0.250. The highest BCUT2D eigenvalue weighted by molar-refractivity contribution is 14.1. The third-order valence-electron chi connectivity index (χ3n) is 2.55. The van der Waals surface area contributed by atoms with Crippen molar-refractivity contribution in [1.29, 1.82) is 0 Å². The first kappa shape index (κ1) is 15.9. The van der Waals surface area contributed by atoms with Crippen molar-refractivity contribution in [3.05, 3.63) is 24.8 Å². The van der Waals surface area contributed by atoms with E-state index in [0.29, 0.717) is 22.2 Å². The number of thioether (sulfide) groups is 1. The molecule has 2 rings (SSSR count). The second kappa shape index (κ2) is 7.01. The largest absolute Gasteiger partial charge is 0.481 e. The molecule has 1 aromatic rings. The van der Waals surface area contributed by atoms with Gasteiger partial charge >= 0.3 is 5.97 Å². The number of carboxylic acids is 1. The van der Waals surface area contributed by atoms with Crippen molar-refractivity contribution >= 4 is 80.2 Å². The van der Waals surface area contributed by atoms with Gasteiger partial charge in [0.05, 0.1) is 4.91 Å². The van der Waals surface area contributed by atoms with Gasteiger partial charge in [0.1, 0.15) is 4.32 Å². The molecule has 0 aliphatic carbocycles. The van der Waals surface area contributed by atoms with Crippen molar-refractivity contribution in [2.24, 2.45) is 0 Å². The molecule has 20 heavy (non-hydrogen) atoms. The number of carbonyl (C=O) groups is 2. The molecule has 0 aromatic carbocycles. The third kappa shape index (κ3) is 3.80. The van der Waals surface area contributed by atoms with Crippen LogP contribution >= 0.6 is 57.9 Å². The Morgan fingerprint density at radius 3 is 2.90 bits per heavy atom. The highest BCUT2D eigenvalue weighted by atomic mass is 127. The van der Waals surface area contributed by atoms with Gasteiger partial charge in [-0.1, -0.05) is 24.0 Å². The fourth-order valence-corrected chi connectivity index (χ4v) is 4.65. The number of rotatable bonds is 5. The molecule has 0 bridgehead atoms. The first-order valence-corrected chi connectivity index (χ1v) is 8.87. The Kier molecular flexibility index (Phi) is 5.58. The van der Waals surface area contributed by atoms with Gasteiger partial charge < -0.3 is 5.11 Å². The van der Waals surface area contributed by atoms with Crippen LogP contribution in [0.5, 0.6) is 0 Å². The van der Waals surface area contributed by atoms with Gasteiger partial charge in [0.25, 0.3) is 5.91 Å². The molecule has 1 aromatic heterocycles. The van der Waals surface area contributed by atoms with E-state index in [2.05, 4.69) is 22.6 Å². The number of carboxylic acid groups (broad SMARTS) is 1. The van der Waals surface area contributed by atoms with Crippen LogP contribution in [0.25, 0.3) is 6.08 Å². The fourth-order valence-electron chi connectivity index (χ4n) is 1.61. The summed E-state index contributed by atoms with van der Waals surface area (Å²) in [4.78, 5) is 25.9. The molecule has 0 radical (unpaired) electrons. The molecular weight excluding hydrogens is 429 g/mol. The quantitative estimate of drug-likeness (QED) is 0.433. The van der Waals surface area contributed by atoms with Crippen molar-refractivity contribution < 1.29 is 14.7 Å². The highest BCUT2D eigenvalue weighted by Crippen LogP contribution is 2.34. The Morgan fingerprint density at radius 2 is 2.30 bits per heavy atom. The molecule has 1 aliphatic heterocycles. The Balaban J connectivity index is 2.07. The summed E-state index contributed by atoms with van der Waals surface area (Å²) in [6.07, 6.45) is 2.30. The molecule has 8 heteroatoms. The van der Waals surface area contributed by atoms with Crippen LogP contribution in [0, 0.1) is 3.57 Å². The van der Waals surface area contributed by atoms with E-state index < -0.39 is 5.97 Å². The molecule has 1 aliphatic rings. The zero-order chi connectivity index (χ0) is 14.7. The molecule has 4 nitrogen and oxygen atoms in total. The van der Waals surface area contributed by atoms with Gasteiger partial charge in [-0.05, 0) is 46.5 Å². The minimum Gasteiger partial charge on any atom is -0.481 e. The minimum absolute atomic E-state index is 0.0406. The lowest BCUT2D eigenvalue weighted by Crippen LogP contribution is -2.29. The lowest BCUT2D eigenvalue weighted by molar-refractivity contribution is -0.137. The van der Waals surface area contributed by atoms with Crippen LogP contribution in [-0.4, -0.2) is 32.7 Å². The molecular formula is C12H10INO3S3. The molecule has 0 saturated carbocycles. The van der Waals surface area contributed by atoms with E-state index in [9.17, 15) is 9.59 Å². The van der Waals surface area contributed by atoms with Gasteiger partial charge in [0.15, 0.2) is 0 Å². The second-order valence-electron chi connectivity index (χ2n) is 3.96. The Hall–Kier alpha value is -0.450. The third-order valence-corrected chi connectivity index (χ3v) is 6.10. The average molecular weight is 439 g/mol. The predicted molar refractivity (Wildman–Crippen MR) is 93.8 cm³/mol. The summed E-state index contributed by atoms with van der Waals surface area (Å²) in [5.41, 5.74) is 0. The zero-order valence-corrected chi connectivity index (χ0v) is 14.8. The molecule has 0 unspecified atom stereocenters. The molecule has 1 saturated heterocycles. The van der Waals surface area contributed by atoms with Gasteiger partial charge in [-0.2, -0.15) is 0 Å². The summed E-state index contributed by atoms with van der Waals surface area (Å²) in [6, 6.07) is 1.99. The molecule has 0 spiro atoms. The normalized spacial score (nSPS) is 17.2. The number of hydrogen-bond donors (Lipinski definition) is 1. The van der Waals surface area contributed by atoms with Crippen LogP contribution in [0.15, 0.2) is 16.4 Å². The number of halogens is 1. The SMILES string of the molecule is O=C(O)CCCN1C(=O)C(=Cc2sccc2I)SC1=S. The molecule has 106 valence electrons. The Labute approximate surface area is 143 Å². The van der Waals surface area contributed by atoms with Crippen LogP contribution in [0.3, 0.4) is 0 Å². The van der Waals surface area contributed by atoms with Crippen LogP contribution in [0.4, 0.5) is 0 Å². The zero-order valence-electron chi connectivity index (χ0n) is 10.2. The standard InChI is InChI=1S/C12H10INO3S3/c13-7-3-5-19-8(7)6-9-11(17)14(12(18)20-9)4-1-2-10(15)16/h3,5-6H,1-2,4H2,(H,15,16). The molecule has 0 atom stereocenters. The number of hydrogen-bond acceptors (Lipinski definition) is 5.